The molecule has 1 N–H and O–H groups in total. The molecule has 1 amide bonds. The molecule has 1 saturated carbocycles. The van der Waals surface area contributed by atoms with Crippen LogP contribution >= 0.6 is 11.3 Å². The van der Waals surface area contributed by atoms with E-state index >= 15 is 0 Å². The minimum Gasteiger partial charge on any atom is -0.478 e. The number of hydrogen-bond acceptors (Lipinski definition) is 3. The van der Waals surface area contributed by atoms with E-state index in [9.17, 15) is 9.59 Å². The Morgan fingerprint density at radius 3 is 2.57 bits per heavy atom. The topological polar surface area (TPSA) is 57.6 Å². The van der Waals surface area contributed by atoms with Crippen molar-refractivity contribution in [1.29, 1.82) is 0 Å². The summed E-state index contributed by atoms with van der Waals surface area (Å²) in [6, 6.07) is 2.09. The summed E-state index contributed by atoms with van der Waals surface area (Å²) in [5, 5.41) is 10.5. The number of rotatable bonds is 4. The van der Waals surface area contributed by atoms with Crippen LogP contribution < -0.4 is 0 Å². The van der Waals surface area contributed by atoms with Gasteiger partial charge in [0, 0.05) is 19.2 Å². The first-order valence-electron chi connectivity index (χ1n) is 7.35. The minimum absolute atomic E-state index is 0.00180. The van der Waals surface area contributed by atoms with Crippen LogP contribution in [0.25, 0.3) is 6.08 Å². The number of amides is 1. The number of thiophene rings is 1. The van der Waals surface area contributed by atoms with Crippen LogP contribution in [0, 0.1) is 0 Å². The summed E-state index contributed by atoms with van der Waals surface area (Å²) in [5.74, 6) is -1.00. The summed E-state index contributed by atoms with van der Waals surface area (Å²) in [7, 11) is 1.86. The smallest absolute Gasteiger partial charge is 0.328 e. The molecular weight excluding hydrogens is 286 g/mol. The third-order valence-electron chi connectivity index (χ3n) is 3.99. The summed E-state index contributed by atoms with van der Waals surface area (Å²) < 4.78 is 0. The molecule has 1 aromatic rings. The molecular formula is C16H21NO3S. The van der Waals surface area contributed by atoms with Gasteiger partial charge < -0.3 is 10.0 Å². The molecule has 0 atom stereocenters. The fourth-order valence-electron chi connectivity index (χ4n) is 2.76. The van der Waals surface area contributed by atoms with Crippen LogP contribution in [0.15, 0.2) is 17.5 Å². The number of nitrogens with zero attached hydrogens (tertiary/aromatic N) is 1. The normalized spacial score (nSPS) is 16.8. The van der Waals surface area contributed by atoms with E-state index < -0.39 is 5.97 Å². The minimum atomic E-state index is -1.00. The van der Waals surface area contributed by atoms with Crippen molar-refractivity contribution in [3.05, 3.63) is 28.0 Å². The fraction of sp³-hybridized carbons (Fsp3) is 0.500. The number of carboxylic acid groups (broad SMARTS) is 1. The lowest BCUT2D eigenvalue weighted by molar-refractivity contribution is -0.131. The van der Waals surface area contributed by atoms with Gasteiger partial charge in [0.15, 0.2) is 0 Å². The largest absolute Gasteiger partial charge is 0.478 e. The summed E-state index contributed by atoms with van der Waals surface area (Å²) in [5.41, 5.74) is 0.688. The molecule has 0 radical (unpaired) electrons. The molecule has 0 bridgehead atoms. The molecule has 1 heterocycles. The molecule has 0 aliphatic heterocycles. The first-order chi connectivity index (χ1) is 10.1. The van der Waals surface area contributed by atoms with E-state index in [0.717, 1.165) is 18.9 Å². The molecule has 1 aliphatic carbocycles. The Bertz CT molecular complexity index is 527. The zero-order valence-electron chi connectivity index (χ0n) is 12.2. The quantitative estimate of drug-likeness (QED) is 0.682. The Labute approximate surface area is 129 Å². The van der Waals surface area contributed by atoms with Gasteiger partial charge in [0.05, 0.1) is 4.88 Å². The Kier molecular flexibility index (Phi) is 5.56. The van der Waals surface area contributed by atoms with Gasteiger partial charge in [-0.2, -0.15) is 0 Å². The van der Waals surface area contributed by atoms with Crippen molar-refractivity contribution in [2.24, 2.45) is 0 Å². The van der Waals surface area contributed by atoms with Gasteiger partial charge >= 0.3 is 5.97 Å². The van der Waals surface area contributed by atoms with E-state index in [0.29, 0.717) is 16.5 Å². The monoisotopic (exact) mass is 307 g/mol. The second-order valence-electron chi connectivity index (χ2n) is 5.44. The van der Waals surface area contributed by atoms with E-state index in [1.54, 1.807) is 6.07 Å². The number of carbonyl (C=O) groups excluding carboxylic acids is 1. The Morgan fingerprint density at radius 2 is 1.95 bits per heavy atom. The highest BCUT2D eigenvalue weighted by Crippen LogP contribution is 2.25. The molecule has 1 aliphatic rings. The maximum absolute atomic E-state index is 12.6. The second-order valence-corrected chi connectivity index (χ2v) is 6.35. The first kappa shape index (κ1) is 15.8. The highest BCUT2D eigenvalue weighted by molar-refractivity contribution is 7.12. The van der Waals surface area contributed by atoms with Gasteiger partial charge in [0.1, 0.15) is 0 Å². The predicted molar refractivity (Wildman–Crippen MR) is 84.6 cm³/mol. The van der Waals surface area contributed by atoms with Gasteiger partial charge in [-0.3, -0.25) is 4.79 Å². The number of aliphatic carboxylic acids is 1. The van der Waals surface area contributed by atoms with E-state index in [-0.39, 0.29) is 5.91 Å². The average molecular weight is 307 g/mol. The van der Waals surface area contributed by atoms with E-state index in [1.165, 1.54) is 43.1 Å². The summed E-state index contributed by atoms with van der Waals surface area (Å²) in [4.78, 5) is 25.7. The maximum atomic E-state index is 12.6. The average Bonchev–Trinajstić information content (AvgIpc) is 2.76. The standard InChI is InChI=1S/C16H21NO3S/c1-17(13-6-4-2-3-5-7-13)16(20)15-12(10-11-21-15)8-9-14(18)19/h8-11,13H,2-7H2,1H3,(H,18,19). The van der Waals surface area contributed by atoms with Crippen LogP contribution in [-0.2, 0) is 4.79 Å². The lowest BCUT2D eigenvalue weighted by atomic mass is 10.1. The maximum Gasteiger partial charge on any atom is 0.328 e. The number of hydrogen-bond donors (Lipinski definition) is 1. The molecule has 21 heavy (non-hydrogen) atoms. The molecule has 0 aromatic carbocycles. The summed E-state index contributed by atoms with van der Waals surface area (Å²) >= 11 is 1.37. The lowest BCUT2D eigenvalue weighted by Gasteiger charge is -2.27. The van der Waals surface area contributed by atoms with Gasteiger partial charge in [-0.05, 0) is 35.9 Å². The zero-order chi connectivity index (χ0) is 15.2. The molecule has 0 saturated heterocycles. The summed E-state index contributed by atoms with van der Waals surface area (Å²) in [6.07, 6.45) is 9.56. The molecule has 0 unspecified atom stereocenters. The van der Waals surface area contributed by atoms with Crippen LogP contribution in [0.2, 0.25) is 0 Å². The third kappa shape index (κ3) is 4.17. The Hall–Kier alpha value is -1.62. The van der Waals surface area contributed by atoms with Crippen LogP contribution in [0.4, 0.5) is 0 Å². The number of carbonyl (C=O) groups is 2. The Balaban J connectivity index is 2.12. The number of carboxylic acids is 1. The molecule has 1 fully saturated rings. The van der Waals surface area contributed by atoms with E-state index in [4.69, 9.17) is 5.11 Å². The highest BCUT2D eigenvalue weighted by atomic mass is 32.1. The first-order valence-corrected chi connectivity index (χ1v) is 8.23. The lowest BCUT2D eigenvalue weighted by Crippen LogP contribution is -2.36. The van der Waals surface area contributed by atoms with Crippen LogP contribution in [-0.4, -0.2) is 35.0 Å². The van der Waals surface area contributed by atoms with Gasteiger partial charge in [-0.25, -0.2) is 4.79 Å². The van der Waals surface area contributed by atoms with E-state index in [2.05, 4.69) is 0 Å². The van der Waals surface area contributed by atoms with Crippen molar-refractivity contribution in [3.63, 3.8) is 0 Å². The van der Waals surface area contributed by atoms with Crippen molar-refractivity contribution in [2.75, 3.05) is 7.05 Å². The van der Waals surface area contributed by atoms with Crippen molar-refractivity contribution in [3.8, 4) is 0 Å². The SMILES string of the molecule is CN(C(=O)c1sccc1C=CC(=O)O)C1CCCCCC1. The van der Waals surface area contributed by atoms with Gasteiger partial charge in [-0.15, -0.1) is 11.3 Å². The van der Waals surface area contributed by atoms with Crippen LogP contribution in [0.3, 0.4) is 0 Å². The molecule has 4 nitrogen and oxygen atoms in total. The van der Waals surface area contributed by atoms with Crippen molar-refractivity contribution < 1.29 is 14.7 Å². The highest BCUT2D eigenvalue weighted by Gasteiger charge is 2.24. The zero-order valence-corrected chi connectivity index (χ0v) is 13.1. The Morgan fingerprint density at radius 1 is 1.29 bits per heavy atom. The van der Waals surface area contributed by atoms with Gasteiger partial charge in [0.2, 0.25) is 0 Å². The van der Waals surface area contributed by atoms with Crippen LogP contribution in [0.5, 0.6) is 0 Å². The van der Waals surface area contributed by atoms with Crippen molar-refractivity contribution in [1.82, 2.24) is 4.90 Å². The predicted octanol–water partition coefficient (Wildman–Crippen LogP) is 3.64. The van der Waals surface area contributed by atoms with Gasteiger partial charge in [-0.1, -0.05) is 25.7 Å². The molecule has 1 aromatic heterocycles. The molecule has 0 spiro atoms. The van der Waals surface area contributed by atoms with Gasteiger partial charge in [0.25, 0.3) is 5.91 Å². The summed E-state index contributed by atoms with van der Waals surface area (Å²) in [6.45, 7) is 0. The van der Waals surface area contributed by atoms with Crippen molar-refractivity contribution in [2.45, 2.75) is 44.6 Å². The van der Waals surface area contributed by atoms with Crippen molar-refractivity contribution >= 4 is 29.3 Å². The molecule has 5 heteroatoms. The van der Waals surface area contributed by atoms with Crippen LogP contribution in [0.1, 0.15) is 53.8 Å². The molecule has 114 valence electrons. The third-order valence-corrected chi connectivity index (χ3v) is 4.91. The van der Waals surface area contributed by atoms with E-state index in [1.807, 2.05) is 17.3 Å². The fourth-order valence-corrected chi connectivity index (χ4v) is 3.62. The molecule has 2 rings (SSSR count). The second kappa shape index (κ2) is 7.41.